The van der Waals surface area contributed by atoms with Crippen molar-refractivity contribution in [3.8, 4) is 0 Å². The van der Waals surface area contributed by atoms with Crippen LogP contribution in [0.5, 0.6) is 0 Å². The van der Waals surface area contributed by atoms with E-state index >= 15 is 8.78 Å². The summed E-state index contributed by atoms with van der Waals surface area (Å²) in [6, 6.07) is -0.174. The molecule has 2 fully saturated rings. The molecule has 21 nitrogen and oxygen atoms in total. The number of aliphatic hydroxyl groups is 1. The molecule has 0 amide bonds. The zero-order chi connectivity index (χ0) is 52.4. The number of nitrogens with zero attached hydrogens (tertiary/aromatic N) is 4. The second kappa shape index (κ2) is 28.1. The number of hydrogen-bond acceptors (Lipinski definition) is 16. The van der Waals surface area contributed by atoms with E-state index in [1.54, 1.807) is 0 Å². The van der Waals surface area contributed by atoms with Gasteiger partial charge in [0.05, 0.1) is 38.6 Å². The predicted octanol–water partition coefficient (Wildman–Crippen LogP) is 6.06. The molecule has 0 radical (unpaired) electrons. The minimum atomic E-state index is -3.93. The highest BCUT2D eigenvalue weighted by molar-refractivity contribution is 7.63. The maximum Gasteiger partial charge on any atom is 0.330 e. The van der Waals surface area contributed by atoms with Gasteiger partial charge in [0.25, 0.3) is 31.0 Å². The second-order valence-corrected chi connectivity index (χ2v) is 25.9. The number of ether oxygens (including phenoxy) is 6. The standard InChI is InChI=1S/C25H42F2N4O8P2.C16H25F2N2O7P.2CH4/c1-16(2)31(17(3)4)40(37-11-10-28-6)39-20-19(14-25(26,27)41(8,9)34)38-23(21(20)36-13-12-35-7)30-15-18(5)22(32)29-24(30)33;1-9-8-20(15(23)19-13(9)22)14-12(26-6-5-25-2)11(21)10(27-14)7-16(17,18)28(3,4)24;;/h15-17,19-21,23H,10-14H2,1-5,7-9H3,(H,29,32,33);8,10-12,14,21H,5-7H2,1-4H3,(H,19,22,23);2*1H4/t19-,20-,21-,23-,40?;10-,11-,12-,14-;;/m11../s1. The fourth-order valence-electron chi connectivity index (χ4n) is 7.09. The maximum atomic E-state index is 15.3. The van der Waals surface area contributed by atoms with Gasteiger partial charge in [0.1, 0.15) is 45.3 Å². The minimum absolute atomic E-state index is 0. The number of rotatable bonds is 24. The van der Waals surface area contributed by atoms with Crippen LogP contribution >= 0.6 is 22.8 Å². The summed E-state index contributed by atoms with van der Waals surface area (Å²) in [5.41, 5.74) is -9.68. The zero-order valence-electron chi connectivity index (χ0n) is 40.9. The van der Waals surface area contributed by atoms with Crippen molar-refractivity contribution in [3.63, 3.8) is 0 Å². The van der Waals surface area contributed by atoms with Gasteiger partial charge >= 0.3 is 11.4 Å². The number of methoxy groups -OCH3 is 2. The average Bonchev–Trinajstić information content (AvgIpc) is 3.70. The third-order valence-electron chi connectivity index (χ3n) is 11.0. The lowest BCUT2D eigenvalue weighted by atomic mass is 10.1. The fourth-order valence-corrected chi connectivity index (χ4v) is 10.1. The summed E-state index contributed by atoms with van der Waals surface area (Å²) in [6.45, 7) is 22.1. The number of H-pyrrole nitrogens is 2. The first kappa shape index (κ1) is 66.1. The van der Waals surface area contributed by atoms with Crippen LogP contribution in [0.2, 0.25) is 0 Å². The van der Waals surface area contributed by atoms with Crippen LogP contribution in [0.4, 0.5) is 17.6 Å². The summed E-state index contributed by atoms with van der Waals surface area (Å²) in [7, 11) is -6.78. The molecule has 71 heavy (non-hydrogen) atoms. The number of nitrogens with one attached hydrogen (secondary N) is 2. The van der Waals surface area contributed by atoms with E-state index in [1.807, 2.05) is 32.4 Å². The van der Waals surface area contributed by atoms with E-state index in [1.165, 1.54) is 40.5 Å². The Bertz CT molecular complexity index is 2360. The first-order valence-electron chi connectivity index (χ1n) is 21.9. The Kier molecular flexibility index (Phi) is 26.1. The van der Waals surface area contributed by atoms with Gasteiger partial charge in [0.2, 0.25) is 6.54 Å². The highest BCUT2D eigenvalue weighted by Crippen LogP contribution is 2.59. The molecule has 1 unspecified atom stereocenters. The van der Waals surface area contributed by atoms with Crippen molar-refractivity contribution in [2.45, 2.75) is 142 Å². The lowest BCUT2D eigenvalue weighted by Gasteiger charge is -2.38. The zero-order valence-corrected chi connectivity index (χ0v) is 43.6. The van der Waals surface area contributed by atoms with Gasteiger partial charge in [0, 0.05) is 62.7 Å². The van der Waals surface area contributed by atoms with Crippen LogP contribution in [0.15, 0.2) is 31.6 Å². The highest BCUT2D eigenvalue weighted by Gasteiger charge is 2.56. The van der Waals surface area contributed by atoms with Crippen molar-refractivity contribution in [1.29, 1.82) is 0 Å². The van der Waals surface area contributed by atoms with Gasteiger partial charge in [-0.25, -0.2) is 20.8 Å². The molecular formula is C43H75F4N6O15P3. The van der Waals surface area contributed by atoms with Crippen LogP contribution in [-0.4, -0.2) is 169 Å². The van der Waals surface area contributed by atoms with Gasteiger partial charge in [-0.2, -0.15) is 17.6 Å². The molecular weight excluding hydrogens is 1010 g/mol. The van der Waals surface area contributed by atoms with Gasteiger partial charge in [-0.05, 0) is 68.2 Å². The third-order valence-corrected chi connectivity index (χ3v) is 16.6. The number of halogens is 4. The molecule has 28 heteroatoms. The quantitative estimate of drug-likeness (QED) is 0.0468. The van der Waals surface area contributed by atoms with Crippen molar-refractivity contribution >= 4 is 22.8 Å². The van der Waals surface area contributed by atoms with E-state index in [-0.39, 0.29) is 77.6 Å². The summed E-state index contributed by atoms with van der Waals surface area (Å²) in [5.74, 6) is 0. The number of aromatic nitrogens is 4. The van der Waals surface area contributed by atoms with Crippen LogP contribution in [0.3, 0.4) is 0 Å². The molecule has 0 aromatic carbocycles. The average molecular weight is 1090 g/mol. The Hall–Kier alpha value is -2.94. The van der Waals surface area contributed by atoms with Crippen LogP contribution < -0.4 is 22.5 Å². The lowest BCUT2D eigenvalue weighted by Crippen LogP contribution is -2.43. The molecule has 2 aromatic rings. The van der Waals surface area contributed by atoms with E-state index in [9.17, 15) is 42.2 Å². The van der Waals surface area contributed by atoms with Gasteiger partial charge in [-0.1, -0.05) is 14.9 Å². The summed E-state index contributed by atoms with van der Waals surface area (Å²) >= 11 is 0. The van der Waals surface area contributed by atoms with Gasteiger partial charge in [-0.15, -0.1) is 0 Å². The third kappa shape index (κ3) is 17.3. The minimum Gasteiger partial charge on any atom is -0.388 e. The van der Waals surface area contributed by atoms with E-state index in [2.05, 4.69) is 14.8 Å². The molecule has 0 spiro atoms. The molecule has 2 aromatic heterocycles. The monoisotopic (exact) mass is 1080 g/mol. The topological polar surface area (TPSA) is 246 Å². The maximum absolute atomic E-state index is 15.3. The fraction of sp³-hybridized carbons (Fsp3) is 0.791. The van der Waals surface area contributed by atoms with Crippen molar-refractivity contribution in [3.05, 3.63) is 76.6 Å². The Balaban J connectivity index is 0.000000736. The number of alkyl halides is 4. The van der Waals surface area contributed by atoms with Crippen LogP contribution in [-0.2, 0) is 46.6 Å². The molecule has 9 atom stereocenters. The normalized spacial score (nSPS) is 23.3. The summed E-state index contributed by atoms with van der Waals surface area (Å²) < 4.78 is 133. The van der Waals surface area contributed by atoms with Crippen molar-refractivity contribution in [1.82, 2.24) is 23.8 Å². The molecule has 0 saturated carbocycles. The van der Waals surface area contributed by atoms with Crippen LogP contribution in [0.25, 0.3) is 4.85 Å². The number of hydrogen-bond donors (Lipinski definition) is 3. The van der Waals surface area contributed by atoms with Crippen molar-refractivity contribution < 1.29 is 69.3 Å². The molecule has 0 aliphatic carbocycles. The van der Waals surface area contributed by atoms with E-state index in [4.69, 9.17) is 44.0 Å². The Morgan fingerprint density at radius 1 is 0.746 bits per heavy atom. The Morgan fingerprint density at radius 3 is 1.56 bits per heavy atom. The van der Waals surface area contributed by atoms with Crippen molar-refractivity contribution in [2.75, 3.05) is 80.5 Å². The summed E-state index contributed by atoms with van der Waals surface area (Å²) in [5, 5.41) is 10.5. The molecule has 4 rings (SSSR count). The molecule has 4 heterocycles. The largest absolute Gasteiger partial charge is 0.388 e. The smallest absolute Gasteiger partial charge is 0.330 e. The van der Waals surface area contributed by atoms with Crippen LogP contribution in [0.1, 0.15) is 79.0 Å². The highest BCUT2D eigenvalue weighted by atomic mass is 31.2. The number of aliphatic hydroxyl groups excluding tert-OH is 1. The van der Waals surface area contributed by atoms with Gasteiger partial charge < -0.3 is 56.6 Å². The second-order valence-electron chi connectivity index (χ2n) is 17.8. The number of aromatic amines is 2. The van der Waals surface area contributed by atoms with E-state index in [0.29, 0.717) is 0 Å². The summed E-state index contributed by atoms with van der Waals surface area (Å²) in [6.07, 6.45) is -9.89. The molecule has 2 aliphatic rings. The first-order valence-corrected chi connectivity index (χ1v) is 28.2. The molecule has 2 aliphatic heterocycles. The van der Waals surface area contributed by atoms with Crippen LogP contribution in [0, 0.1) is 20.4 Å². The Morgan fingerprint density at radius 2 is 1.15 bits per heavy atom. The predicted molar refractivity (Wildman–Crippen MR) is 262 cm³/mol. The first-order chi connectivity index (χ1) is 31.9. The molecule has 0 bridgehead atoms. The van der Waals surface area contributed by atoms with E-state index < -0.39 is 119 Å². The SMILES string of the molecule is C.C.COCCO[C@@H]1[C@H](O)[C@@H](CC(F)(F)P(C)(C)=O)O[C@H]1n1cc(C)c(=O)[nH]c1=O.[C-]#[N+]CCOP(O[C@H]1[C@@H](OCCOC)[C@H](n2cc(C)c(=O)[nH]c2=O)O[C@@H]1CC(F)(F)P(C)(C)=O)N(C(C)C)C(C)C. The number of aryl methyl sites for hydroxylation is 2. The Labute approximate surface area is 413 Å². The van der Waals surface area contributed by atoms with Gasteiger partial charge in [0.15, 0.2) is 12.5 Å². The molecule has 410 valence electrons. The molecule has 3 N–H and O–H groups in total. The molecule has 2 saturated heterocycles. The van der Waals surface area contributed by atoms with Crippen molar-refractivity contribution in [2.24, 2.45) is 0 Å². The lowest BCUT2D eigenvalue weighted by molar-refractivity contribution is -0.0841. The summed E-state index contributed by atoms with van der Waals surface area (Å²) in [4.78, 5) is 56.3. The van der Waals surface area contributed by atoms with E-state index in [0.717, 1.165) is 35.8 Å². The van der Waals surface area contributed by atoms with Gasteiger partial charge in [-0.3, -0.25) is 28.7 Å².